The zero-order valence-electron chi connectivity index (χ0n) is 22.2. The number of hydrogen-bond acceptors (Lipinski definition) is 11. The number of esters is 1. The summed E-state index contributed by atoms with van der Waals surface area (Å²) in [6.45, 7) is 4.00. The number of fused-ring (bicyclic) bond motifs is 6. The van der Waals surface area contributed by atoms with Crippen LogP contribution < -0.4 is 14.2 Å². The van der Waals surface area contributed by atoms with E-state index in [1.54, 1.807) is 25.5 Å². The molecule has 2 aliphatic heterocycles. The standard InChI is InChI=1S/C28H16O5S6.C2H6.Pb/c29-25-19-8-4-5-9-20(19)28(33-25)21-12-10-16(30-26(34)37-36)14-23(21)32-24-15-17(11-13-22(24)28)31-27(35)39-38-18-6-2-1-3-7-18;1-2;/h1-15,36H;1-2H3;/q;;+1/p-1. The Balaban J connectivity index is 0.00000173. The molecule has 1 atom stereocenters. The molecular weight excluding hydrogens is 840 g/mol. The van der Waals surface area contributed by atoms with Crippen LogP contribution in [0.5, 0.6) is 23.0 Å². The summed E-state index contributed by atoms with van der Waals surface area (Å²) in [5, 5.41) is 0. The van der Waals surface area contributed by atoms with Gasteiger partial charge < -0.3 is 0 Å². The zero-order valence-corrected chi connectivity index (χ0v) is 30.9. The first-order valence-electron chi connectivity index (χ1n) is 12.6. The summed E-state index contributed by atoms with van der Waals surface area (Å²) in [5.41, 5.74) is 1.46. The summed E-state index contributed by atoms with van der Waals surface area (Å²) in [6.07, 6.45) is 0. The minimum absolute atomic E-state index is 0.357. The molecule has 3 radical (unpaired) electrons. The van der Waals surface area contributed by atoms with Crippen molar-refractivity contribution in [3.63, 3.8) is 0 Å². The molecule has 0 aliphatic carbocycles. The average molecular weight is 861 g/mol. The van der Waals surface area contributed by atoms with Gasteiger partial charge in [0.05, 0.1) is 0 Å². The van der Waals surface area contributed by atoms with Crippen LogP contribution in [0.1, 0.15) is 40.9 Å². The van der Waals surface area contributed by atoms with Crippen molar-refractivity contribution in [2.24, 2.45) is 0 Å². The molecule has 0 saturated carbocycles. The average Bonchev–Trinajstić information content (AvgIpc) is 3.30. The van der Waals surface area contributed by atoms with E-state index in [-0.39, 0.29) is 0 Å². The summed E-state index contributed by atoms with van der Waals surface area (Å²) >= 11 is 11.7. The normalized spacial score (nSPS) is 15.6. The van der Waals surface area contributed by atoms with Crippen LogP contribution in [0.25, 0.3) is 0 Å². The molecule has 211 valence electrons. The van der Waals surface area contributed by atoms with Gasteiger partial charge in [-0.25, -0.2) is 0 Å². The fourth-order valence-corrected chi connectivity index (χ4v) is 12.1. The first-order chi connectivity index (χ1) is 20.5. The van der Waals surface area contributed by atoms with Gasteiger partial charge in [0.25, 0.3) is 0 Å². The SMILES string of the molecule is CC.O=C1OC2(c3ccc(OC(=S)S[S][Pb])cc3Oc3cc(OC(=S)SSc4ccccc4)ccc32)c2ccccc21. The van der Waals surface area contributed by atoms with Crippen molar-refractivity contribution in [3.8, 4) is 23.0 Å². The van der Waals surface area contributed by atoms with Crippen LogP contribution in [0.4, 0.5) is 0 Å². The third-order valence-corrected chi connectivity index (χ3v) is 13.4. The zero-order chi connectivity index (χ0) is 29.7. The quantitative estimate of drug-likeness (QED) is 0.0836. The van der Waals surface area contributed by atoms with Crippen LogP contribution in [0.2, 0.25) is 0 Å². The Kier molecular flexibility index (Phi) is 10.8. The molecule has 2 aliphatic rings. The maximum atomic E-state index is 13.1. The van der Waals surface area contributed by atoms with E-state index in [1.807, 2.05) is 86.6 Å². The summed E-state index contributed by atoms with van der Waals surface area (Å²) in [4.78, 5) is 14.2. The van der Waals surface area contributed by atoms with Gasteiger partial charge in [0.15, 0.2) is 0 Å². The molecule has 0 bridgehead atoms. The first kappa shape index (κ1) is 31.7. The fraction of sp³-hybridized carbons (Fsp3) is 0.100. The molecule has 0 saturated heterocycles. The molecular formula is C30H21O5PbS6. The summed E-state index contributed by atoms with van der Waals surface area (Å²) in [5.74, 6) is 1.63. The van der Waals surface area contributed by atoms with Gasteiger partial charge >= 0.3 is 194 Å². The van der Waals surface area contributed by atoms with Gasteiger partial charge in [0, 0.05) is 4.90 Å². The predicted molar refractivity (Wildman–Crippen MR) is 183 cm³/mol. The van der Waals surface area contributed by atoms with E-state index in [9.17, 15) is 4.79 Å². The van der Waals surface area contributed by atoms with Gasteiger partial charge in [0.2, 0.25) is 4.38 Å². The van der Waals surface area contributed by atoms with Gasteiger partial charge in [0.1, 0.15) is 0 Å². The second-order valence-corrected chi connectivity index (χ2v) is 19.4. The number of carbonyl (C=O) groups is 1. The van der Waals surface area contributed by atoms with E-state index in [4.69, 9.17) is 43.4 Å². The topological polar surface area (TPSA) is 54.0 Å². The third-order valence-electron chi connectivity index (χ3n) is 6.12. The maximum absolute atomic E-state index is 13.1. The Labute approximate surface area is 284 Å². The van der Waals surface area contributed by atoms with E-state index >= 15 is 0 Å². The van der Waals surface area contributed by atoms with Gasteiger partial charge in [-0.05, 0) is 45.9 Å². The van der Waals surface area contributed by atoms with Gasteiger partial charge in [-0.15, -0.1) is 0 Å². The van der Waals surface area contributed by atoms with Crippen LogP contribution in [-0.4, -0.2) is 39.0 Å². The number of hydrogen-bond donors (Lipinski definition) is 0. The molecule has 2 heterocycles. The Morgan fingerprint density at radius 1 is 0.762 bits per heavy atom. The van der Waals surface area contributed by atoms with Crippen LogP contribution in [0.3, 0.4) is 0 Å². The Hall–Kier alpha value is -1.75. The molecule has 12 heteroatoms. The van der Waals surface area contributed by atoms with Crippen LogP contribution in [-0.2, 0) is 10.3 Å². The Morgan fingerprint density at radius 2 is 1.33 bits per heavy atom. The van der Waals surface area contributed by atoms with Crippen molar-refractivity contribution < 1.29 is 23.7 Å². The van der Waals surface area contributed by atoms with E-state index in [1.165, 1.54) is 32.4 Å². The van der Waals surface area contributed by atoms with Gasteiger partial charge in [-0.1, -0.05) is 38.1 Å². The predicted octanol–water partition coefficient (Wildman–Crippen LogP) is 9.51. The second-order valence-electron chi connectivity index (χ2n) is 8.38. The number of benzene rings is 4. The number of ether oxygens (including phenoxy) is 4. The minimum atomic E-state index is -1.19. The summed E-state index contributed by atoms with van der Waals surface area (Å²) in [6, 6.07) is 28.2. The van der Waals surface area contributed by atoms with Gasteiger partial charge in [-0.3, -0.25) is 0 Å². The molecule has 0 amide bonds. The van der Waals surface area contributed by atoms with E-state index in [0.29, 0.717) is 48.5 Å². The molecule has 0 N–H and O–H groups in total. The van der Waals surface area contributed by atoms with E-state index in [2.05, 4.69) is 0 Å². The monoisotopic (exact) mass is 861 g/mol. The first-order valence-corrected chi connectivity index (χ1v) is 22.5. The Bertz CT molecular complexity index is 1650. The molecule has 6 rings (SSSR count). The molecule has 1 spiro atoms. The van der Waals surface area contributed by atoms with Crippen molar-refractivity contribution in [3.05, 3.63) is 113 Å². The van der Waals surface area contributed by atoms with Crippen molar-refractivity contribution in [2.45, 2.75) is 24.3 Å². The molecule has 1 unspecified atom stereocenters. The van der Waals surface area contributed by atoms with Crippen molar-refractivity contribution in [2.75, 3.05) is 0 Å². The van der Waals surface area contributed by atoms with Crippen LogP contribution in [0, 0.1) is 0 Å². The fourth-order valence-electron chi connectivity index (χ4n) is 4.58. The molecule has 0 fully saturated rings. The summed E-state index contributed by atoms with van der Waals surface area (Å²) in [7, 11) is 5.93. The third kappa shape index (κ3) is 6.52. The van der Waals surface area contributed by atoms with Crippen molar-refractivity contribution in [1.82, 2.24) is 0 Å². The molecule has 42 heavy (non-hydrogen) atoms. The second kappa shape index (κ2) is 14.4. The number of thiocarbonyl (C=S) groups is 2. The molecule has 4 aromatic rings. The number of rotatable bonds is 5. The van der Waals surface area contributed by atoms with Crippen LogP contribution >= 0.6 is 64.2 Å². The van der Waals surface area contributed by atoms with E-state index < -0.39 is 11.6 Å². The van der Waals surface area contributed by atoms with Crippen molar-refractivity contribution in [1.29, 1.82) is 0 Å². The van der Waals surface area contributed by atoms with E-state index in [0.717, 1.165) is 34.7 Å². The molecule has 0 aromatic heterocycles. The summed E-state index contributed by atoms with van der Waals surface area (Å²) < 4.78 is 25.2. The molecule has 5 nitrogen and oxygen atoms in total. The van der Waals surface area contributed by atoms with Crippen molar-refractivity contribution >= 4 is 103 Å². The Morgan fingerprint density at radius 3 is 1.95 bits per heavy atom. The number of carbonyl (C=O) groups excluding carboxylic acids is 1. The molecule has 4 aromatic carbocycles. The van der Waals surface area contributed by atoms with Crippen LogP contribution in [0.15, 0.2) is 95.9 Å². The van der Waals surface area contributed by atoms with Gasteiger partial charge in [-0.2, -0.15) is 0 Å².